The minimum absolute atomic E-state index is 0.0162. The Morgan fingerprint density at radius 1 is 0.444 bits per heavy atom. The number of esters is 2. The van der Waals surface area contributed by atoms with Crippen molar-refractivity contribution in [2.45, 2.75) is 264 Å². The minimum atomic E-state index is -4.41. The molecule has 0 fully saturated rings. The quantitative estimate of drug-likeness (QED) is 0.0211. The third-order valence-corrected chi connectivity index (χ3v) is 13.7. The van der Waals surface area contributed by atoms with Crippen molar-refractivity contribution in [1.82, 2.24) is 0 Å². The maximum Gasteiger partial charge on any atom is 0.472 e. The number of hydrogen-bond donors (Lipinski definition) is 1. The van der Waals surface area contributed by atoms with E-state index in [9.17, 15) is 19.0 Å². The molecular formula is C62H113NO8P+. The van der Waals surface area contributed by atoms with Gasteiger partial charge in [0.2, 0.25) is 0 Å². The van der Waals surface area contributed by atoms with Crippen molar-refractivity contribution in [3.63, 3.8) is 0 Å². The van der Waals surface area contributed by atoms with E-state index in [0.717, 1.165) is 57.8 Å². The van der Waals surface area contributed by atoms with Gasteiger partial charge in [0.15, 0.2) is 6.10 Å². The van der Waals surface area contributed by atoms with Crippen molar-refractivity contribution in [3.8, 4) is 0 Å². The molecule has 2 atom stereocenters. The van der Waals surface area contributed by atoms with Crippen LogP contribution in [0.15, 0.2) is 72.9 Å². The molecule has 0 bridgehead atoms. The van der Waals surface area contributed by atoms with E-state index in [2.05, 4.69) is 74.6 Å². The second kappa shape index (κ2) is 53.3. The average Bonchev–Trinajstić information content (AvgIpc) is 3.34. The molecule has 0 aliphatic heterocycles. The van der Waals surface area contributed by atoms with Gasteiger partial charge in [-0.05, 0) is 51.4 Å². The number of carbonyl (C=O) groups excluding carboxylic acids is 2. The first kappa shape index (κ1) is 69.5. The van der Waals surface area contributed by atoms with Crippen LogP contribution < -0.4 is 0 Å². The summed E-state index contributed by atoms with van der Waals surface area (Å²) in [5.74, 6) is -0.890. The van der Waals surface area contributed by atoms with E-state index < -0.39 is 26.5 Å². The molecule has 0 aromatic carbocycles. The highest BCUT2D eigenvalue weighted by molar-refractivity contribution is 7.47. The van der Waals surface area contributed by atoms with Gasteiger partial charge < -0.3 is 18.9 Å². The lowest BCUT2D eigenvalue weighted by Gasteiger charge is -2.24. The predicted molar refractivity (Wildman–Crippen MR) is 307 cm³/mol. The molecule has 0 radical (unpaired) electrons. The maximum atomic E-state index is 12.7. The van der Waals surface area contributed by atoms with Gasteiger partial charge in [0, 0.05) is 12.8 Å². The molecule has 1 N–H and O–H groups in total. The summed E-state index contributed by atoms with van der Waals surface area (Å²) in [5.41, 5.74) is 0. The molecule has 0 rings (SSSR count). The Bertz CT molecular complexity index is 1450. The highest BCUT2D eigenvalue weighted by Gasteiger charge is 2.27. The number of ether oxygens (including phenoxy) is 2. The van der Waals surface area contributed by atoms with Crippen LogP contribution in [0.4, 0.5) is 0 Å². The molecule has 9 nitrogen and oxygen atoms in total. The molecule has 0 spiro atoms. The summed E-state index contributed by atoms with van der Waals surface area (Å²) in [4.78, 5) is 35.6. The molecule has 2 unspecified atom stereocenters. The summed E-state index contributed by atoms with van der Waals surface area (Å²) in [6.45, 7) is 4.26. The molecule has 0 aromatic heterocycles. The van der Waals surface area contributed by atoms with E-state index in [1.165, 1.54) is 167 Å². The first-order valence-corrected chi connectivity index (χ1v) is 31.2. The second-order valence-corrected chi connectivity index (χ2v) is 22.5. The number of phosphoric acid groups is 1. The molecule has 0 saturated heterocycles. The Labute approximate surface area is 444 Å². The van der Waals surface area contributed by atoms with E-state index in [0.29, 0.717) is 17.4 Å². The largest absolute Gasteiger partial charge is 0.472 e. The molecule has 0 saturated carbocycles. The number of hydrogen-bond acceptors (Lipinski definition) is 7. The Morgan fingerprint density at radius 3 is 1.15 bits per heavy atom. The number of likely N-dealkylation sites (N-methyl/N-ethyl adjacent to an activating group) is 1. The fourth-order valence-corrected chi connectivity index (χ4v) is 8.96. The number of carbonyl (C=O) groups is 2. The Morgan fingerprint density at radius 2 is 0.792 bits per heavy atom. The van der Waals surface area contributed by atoms with Gasteiger partial charge in [-0.2, -0.15) is 0 Å². The lowest BCUT2D eigenvalue weighted by molar-refractivity contribution is -0.870. The molecule has 418 valence electrons. The monoisotopic (exact) mass is 1030 g/mol. The molecule has 10 heteroatoms. The summed E-state index contributed by atoms with van der Waals surface area (Å²) >= 11 is 0. The zero-order valence-electron chi connectivity index (χ0n) is 47.4. The Kier molecular flexibility index (Phi) is 51.4. The molecule has 0 aliphatic carbocycles. The van der Waals surface area contributed by atoms with Gasteiger partial charge in [-0.25, -0.2) is 4.57 Å². The fourth-order valence-electron chi connectivity index (χ4n) is 8.22. The van der Waals surface area contributed by atoms with Crippen molar-refractivity contribution in [1.29, 1.82) is 0 Å². The number of allylic oxidation sites excluding steroid dienone is 12. The zero-order chi connectivity index (χ0) is 52.7. The van der Waals surface area contributed by atoms with Crippen molar-refractivity contribution in [2.24, 2.45) is 0 Å². The Balaban J connectivity index is 4.15. The van der Waals surface area contributed by atoms with Gasteiger partial charge in [0.1, 0.15) is 19.8 Å². The third kappa shape index (κ3) is 56.7. The van der Waals surface area contributed by atoms with Gasteiger partial charge in [-0.1, -0.05) is 267 Å². The molecule has 0 amide bonds. The van der Waals surface area contributed by atoms with Crippen LogP contribution in [0.2, 0.25) is 0 Å². The molecular weight excluding hydrogens is 918 g/mol. The van der Waals surface area contributed by atoms with Crippen LogP contribution >= 0.6 is 7.82 Å². The minimum Gasteiger partial charge on any atom is -0.462 e. The first-order valence-electron chi connectivity index (χ1n) is 29.7. The normalized spacial score (nSPS) is 13.8. The second-order valence-electron chi connectivity index (χ2n) is 21.0. The lowest BCUT2D eigenvalue weighted by Crippen LogP contribution is -2.37. The number of nitrogens with zero attached hydrogens (tertiary/aromatic N) is 1. The van der Waals surface area contributed by atoms with E-state index in [4.69, 9.17) is 18.5 Å². The van der Waals surface area contributed by atoms with Crippen molar-refractivity contribution >= 4 is 19.8 Å². The van der Waals surface area contributed by atoms with Crippen LogP contribution in [0.25, 0.3) is 0 Å². The molecule has 0 aliphatic rings. The highest BCUT2D eigenvalue weighted by atomic mass is 31.2. The summed E-state index contributed by atoms with van der Waals surface area (Å²) in [5, 5.41) is 0. The van der Waals surface area contributed by atoms with Crippen LogP contribution in [0.1, 0.15) is 258 Å². The highest BCUT2D eigenvalue weighted by Crippen LogP contribution is 2.43. The van der Waals surface area contributed by atoms with Gasteiger partial charge in [0.05, 0.1) is 27.7 Å². The van der Waals surface area contributed by atoms with E-state index in [1.807, 2.05) is 33.3 Å². The SMILES string of the molecule is CC/C=C\C/C=C\C/C=C\C/C=C\C/C=C\C/C=C\CCC(=O)OC(COC(=O)CCCCCCCCCCCCCCCCCCCCCCCCCCCCCCC)COP(=O)(O)OCC[N+](C)(C)C. The number of unbranched alkanes of at least 4 members (excludes halogenated alkanes) is 28. The first-order chi connectivity index (χ1) is 35.0. The predicted octanol–water partition coefficient (Wildman–Crippen LogP) is 18.5. The molecule has 0 heterocycles. The van der Waals surface area contributed by atoms with Gasteiger partial charge >= 0.3 is 19.8 Å². The smallest absolute Gasteiger partial charge is 0.462 e. The van der Waals surface area contributed by atoms with E-state index >= 15 is 0 Å². The van der Waals surface area contributed by atoms with E-state index in [-0.39, 0.29) is 32.0 Å². The van der Waals surface area contributed by atoms with Crippen LogP contribution in [-0.2, 0) is 32.7 Å². The third-order valence-electron chi connectivity index (χ3n) is 12.8. The summed E-state index contributed by atoms with van der Waals surface area (Å²) in [7, 11) is 1.43. The van der Waals surface area contributed by atoms with Crippen LogP contribution in [0.3, 0.4) is 0 Å². The lowest BCUT2D eigenvalue weighted by atomic mass is 10.0. The summed E-state index contributed by atoms with van der Waals surface area (Å²) in [6.07, 6.45) is 70.1. The Hall–Kier alpha value is -2.55. The van der Waals surface area contributed by atoms with Crippen molar-refractivity contribution in [2.75, 3.05) is 47.5 Å². The molecule has 0 aromatic rings. The van der Waals surface area contributed by atoms with E-state index in [1.54, 1.807) is 0 Å². The van der Waals surface area contributed by atoms with Crippen molar-refractivity contribution in [3.05, 3.63) is 72.9 Å². The van der Waals surface area contributed by atoms with Gasteiger partial charge in [-0.3, -0.25) is 18.6 Å². The molecule has 72 heavy (non-hydrogen) atoms. The maximum absolute atomic E-state index is 12.7. The summed E-state index contributed by atoms with van der Waals surface area (Å²) < 4.78 is 34.4. The van der Waals surface area contributed by atoms with Crippen LogP contribution in [-0.4, -0.2) is 74.9 Å². The number of rotatable bonds is 54. The van der Waals surface area contributed by atoms with Crippen molar-refractivity contribution < 1.29 is 42.1 Å². The van der Waals surface area contributed by atoms with Crippen LogP contribution in [0.5, 0.6) is 0 Å². The zero-order valence-corrected chi connectivity index (χ0v) is 48.3. The number of quaternary nitrogens is 1. The fraction of sp³-hybridized carbons (Fsp3) is 0.774. The van der Waals surface area contributed by atoms with Gasteiger partial charge in [-0.15, -0.1) is 0 Å². The topological polar surface area (TPSA) is 108 Å². The number of phosphoric ester groups is 1. The van der Waals surface area contributed by atoms with Crippen LogP contribution in [0, 0.1) is 0 Å². The summed E-state index contributed by atoms with van der Waals surface area (Å²) in [6, 6.07) is 0. The van der Waals surface area contributed by atoms with Gasteiger partial charge in [0.25, 0.3) is 0 Å². The average molecular weight is 1030 g/mol. The standard InChI is InChI=1S/C62H112NO8P/c1-6-8-10-12-14-16-18-20-22-24-26-27-28-29-30-31-32-33-34-35-37-38-40-42-44-46-48-50-52-54-61(64)68-58-60(59-70-72(66,67)69-57-56-63(3,4)5)71-62(65)55-53-51-49-47-45-43-41-39-36-25-23-21-19-17-15-13-11-9-7-2/h9,11,15,17,21,23,36,39,43,45,49,51,60H,6-8,10,12-14,16,18-20,22,24-35,37-38,40-42,44,46-48,50,52-59H2,1-5H3/p+1/b11-9-,17-15-,23-21-,39-36-,45-43-,51-49-.